The molecule has 22 heavy (non-hydrogen) atoms. The molecule has 0 spiro atoms. The SMILES string of the molecule is C[C@@H]1CCc2c(sc(NC(=O)c3cccnc3)c2C(N)=O)C1. The van der Waals surface area contributed by atoms with E-state index < -0.39 is 5.91 Å². The molecule has 6 heteroatoms. The highest BCUT2D eigenvalue weighted by atomic mass is 32.1. The molecule has 0 unspecified atom stereocenters. The zero-order chi connectivity index (χ0) is 15.7. The topological polar surface area (TPSA) is 85.1 Å². The van der Waals surface area contributed by atoms with Gasteiger partial charge >= 0.3 is 0 Å². The van der Waals surface area contributed by atoms with Gasteiger partial charge in [0.05, 0.1) is 11.1 Å². The number of aromatic nitrogens is 1. The van der Waals surface area contributed by atoms with Crippen molar-refractivity contribution in [1.82, 2.24) is 4.98 Å². The maximum atomic E-state index is 12.3. The monoisotopic (exact) mass is 315 g/mol. The van der Waals surface area contributed by atoms with Crippen molar-refractivity contribution in [1.29, 1.82) is 0 Å². The minimum Gasteiger partial charge on any atom is -0.365 e. The summed E-state index contributed by atoms with van der Waals surface area (Å²) in [6.07, 6.45) is 5.92. The van der Waals surface area contributed by atoms with Crippen molar-refractivity contribution in [2.45, 2.75) is 26.2 Å². The first-order valence-electron chi connectivity index (χ1n) is 7.22. The number of nitrogens with two attached hydrogens (primary N) is 1. The van der Waals surface area contributed by atoms with Gasteiger partial charge in [-0.2, -0.15) is 0 Å². The van der Waals surface area contributed by atoms with Crippen molar-refractivity contribution in [3.63, 3.8) is 0 Å². The molecule has 0 aromatic carbocycles. The van der Waals surface area contributed by atoms with Crippen molar-refractivity contribution < 1.29 is 9.59 Å². The maximum absolute atomic E-state index is 12.3. The van der Waals surface area contributed by atoms with Crippen LogP contribution in [-0.2, 0) is 12.8 Å². The number of primary amides is 1. The Hall–Kier alpha value is -2.21. The van der Waals surface area contributed by atoms with E-state index >= 15 is 0 Å². The van der Waals surface area contributed by atoms with Crippen LogP contribution in [0.4, 0.5) is 5.00 Å². The fourth-order valence-electron chi connectivity index (χ4n) is 2.77. The number of thiophene rings is 1. The molecule has 114 valence electrons. The first-order valence-corrected chi connectivity index (χ1v) is 8.03. The second-order valence-corrected chi connectivity index (χ2v) is 6.72. The van der Waals surface area contributed by atoms with Crippen LogP contribution in [0, 0.1) is 5.92 Å². The molecule has 0 saturated carbocycles. The van der Waals surface area contributed by atoms with Crippen LogP contribution in [-0.4, -0.2) is 16.8 Å². The molecule has 3 rings (SSSR count). The van der Waals surface area contributed by atoms with Crippen molar-refractivity contribution in [2.24, 2.45) is 11.7 Å². The van der Waals surface area contributed by atoms with Crippen molar-refractivity contribution in [3.8, 4) is 0 Å². The Morgan fingerprint density at radius 2 is 2.27 bits per heavy atom. The van der Waals surface area contributed by atoms with Crippen LogP contribution in [0.25, 0.3) is 0 Å². The van der Waals surface area contributed by atoms with Gasteiger partial charge in [-0.3, -0.25) is 14.6 Å². The van der Waals surface area contributed by atoms with Gasteiger partial charge < -0.3 is 11.1 Å². The number of anilines is 1. The summed E-state index contributed by atoms with van der Waals surface area (Å²) in [7, 11) is 0. The summed E-state index contributed by atoms with van der Waals surface area (Å²) in [6.45, 7) is 2.19. The largest absolute Gasteiger partial charge is 0.365 e. The zero-order valence-electron chi connectivity index (χ0n) is 12.3. The molecule has 3 N–H and O–H groups in total. The molecule has 0 bridgehead atoms. The molecule has 2 aromatic rings. The van der Waals surface area contributed by atoms with E-state index in [-0.39, 0.29) is 5.91 Å². The number of hydrogen-bond acceptors (Lipinski definition) is 4. The van der Waals surface area contributed by atoms with E-state index in [0.29, 0.717) is 22.0 Å². The lowest BCUT2D eigenvalue weighted by molar-refractivity contribution is 0.1000. The lowest BCUT2D eigenvalue weighted by Crippen LogP contribution is -2.19. The lowest BCUT2D eigenvalue weighted by Gasteiger charge is -2.18. The van der Waals surface area contributed by atoms with E-state index in [1.165, 1.54) is 17.5 Å². The van der Waals surface area contributed by atoms with E-state index in [4.69, 9.17) is 5.73 Å². The number of amides is 2. The molecular formula is C16H17N3O2S. The number of rotatable bonds is 3. The number of carbonyl (C=O) groups excluding carboxylic acids is 2. The molecule has 0 radical (unpaired) electrons. The Bertz CT molecular complexity index is 724. The highest BCUT2D eigenvalue weighted by Gasteiger charge is 2.27. The van der Waals surface area contributed by atoms with Crippen LogP contribution in [0.2, 0.25) is 0 Å². The van der Waals surface area contributed by atoms with Crippen LogP contribution >= 0.6 is 11.3 Å². The molecule has 1 atom stereocenters. The maximum Gasteiger partial charge on any atom is 0.257 e. The lowest BCUT2D eigenvalue weighted by atomic mass is 9.88. The molecule has 5 nitrogen and oxygen atoms in total. The van der Waals surface area contributed by atoms with Gasteiger partial charge in [0.1, 0.15) is 5.00 Å². The van der Waals surface area contributed by atoms with E-state index in [1.54, 1.807) is 18.3 Å². The van der Waals surface area contributed by atoms with Crippen molar-refractivity contribution in [2.75, 3.05) is 5.32 Å². The van der Waals surface area contributed by atoms with Crippen LogP contribution in [0.15, 0.2) is 24.5 Å². The van der Waals surface area contributed by atoms with Gasteiger partial charge in [0.15, 0.2) is 0 Å². The van der Waals surface area contributed by atoms with E-state index in [9.17, 15) is 9.59 Å². The Morgan fingerprint density at radius 1 is 1.45 bits per heavy atom. The van der Waals surface area contributed by atoms with Crippen molar-refractivity contribution >= 4 is 28.2 Å². The third-order valence-corrected chi connectivity index (χ3v) is 5.08. The molecule has 0 aliphatic heterocycles. The van der Waals surface area contributed by atoms with Gasteiger partial charge in [0.2, 0.25) is 0 Å². The molecule has 1 aliphatic carbocycles. The molecule has 2 amide bonds. The molecular weight excluding hydrogens is 298 g/mol. The third kappa shape index (κ3) is 2.74. The van der Waals surface area contributed by atoms with Crippen LogP contribution in [0.3, 0.4) is 0 Å². The van der Waals surface area contributed by atoms with Crippen molar-refractivity contribution in [3.05, 3.63) is 46.1 Å². The summed E-state index contributed by atoms with van der Waals surface area (Å²) in [5.74, 6) is -0.162. The standard InChI is InChI=1S/C16H17N3O2S/c1-9-4-5-11-12(7-9)22-16(13(11)14(17)20)19-15(21)10-3-2-6-18-8-10/h2-3,6,8-9H,4-5,7H2,1H3,(H2,17,20)(H,19,21)/t9-/m1/s1. The normalized spacial score (nSPS) is 16.9. The smallest absolute Gasteiger partial charge is 0.257 e. The Balaban J connectivity index is 1.94. The number of hydrogen-bond donors (Lipinski definition) is 2. The highest BCUT2D eigenvalue weighted by molar-refractivity contribution is 7.17. The minimum absolute atomic E-state index is 0.276. The summed E-state index contributed by atoms with van der Waals surface area (Å²) >= 11 is 1.46. The fraction of sp³-hybridized carbons (Fsp3) is 0.312. The highest BCUT2D eigenvalue weighted by Crippen LogP contribution is 2.39. The summed E-state index contributed by atoms with van der Waals surface area (Å²) in [5, 5.41) is 3.37. The van der Waals surface area contributed by atoms with Gasteiger partial charge in [-0.25, -0.2) is 0 Å². The molecule has 0 fully saturated rings. The van der Waals surface area contributed by atoms with Gasteiger partial charge in [0.25, 0.3) is 11.8 Å². The predicted octanol–water partition coefficient (Wildman–Crippen LogP) is 2.62. The third-order valence-electron chi connectivity index (χ3n) is 3.91. The van der Waals surface area contributed by atoms with Gasteiger partial charge in [-0.15, -0.1) is 11.3 Å². The summed E-state index contributed by atoms with van der Waals surface area (Å²) in [6, 6.07) is 3.38. The van der Waals surface area contributed by atoms with Gasteiger partial charge in [-0.05, 0) is 42.9 Å². The van der Waals surface area contributed by atoms with E-state index in [2.05, 4.69) is 17.2 Å². The first kappa shape index (κ1) is 14.7. The van der Waals surface area contributed by atoms with Gasteiger partial charge in [-0.1, -0.05) is 6.92 Å². The molecule has 2 heterocycles. The Labute approximate surface area is 132 Å². The quantitative estimate of drug-likeness (QED) is 0.913. The predicted molar refractivity (Wildman–Crippen MR) is 86.2 cm³/mol. The average Bonchev–Trinajstić information content (AvgIpc) is 2.85. The van der Waals surface area contributed by atoms with E-state index in [1.807, 2.05) is 0 Å². The number of nitrogens with one attached hydrogen (secondary N) is 1. The van der Waals surface area contributed by atoms with Gasteiger partial charge in [0, 0.05) is 17.3 Å². The fourth-order valence-corrected chi connectivity index (χ4v) is 4.18. The average molecular weight is 315 g/mol. The molecule has 2 aromatic heterocycles. The Kier molecular flexibility index (Phi) is 3.94. The number of nitrogens with zero attached hydrogens (tertiary/aromatic N) is 1. The molecule has 0 saturated heterocycles. The van der Waals surface area contributed by atoms with E-state index in [0.717, 1.165) is 29.7 Å². The summed E-state index contributed by atoms with van der Waals surface area (Å²) in [5.41, 5.74) is 7.48. The number of fused-ring (bicyclic) bond motifs is 1. The summed E-state index contributed by atoms with van der Waals surface area (Å²) < 4.78 is 0. The molecule has 1 aliphatic rings. The van der Waals surface area contributed by atoms with Crippen LogP contribution in [0.5, 0.6) is 0 Å². The van der Waals surface area contributed by atoms with Crippen LogP contribution in [0.1, 0.15) is 44.5 Å². The zero-order valence-corrected chi connectivity index (χ0v) is 13.1. The second kappa shape index (κ2) is 5.88. The number of carbonyl (C=O) groups is 2. The van der Waals surface area contributed by atoms with Crippen LogP contribution < -0.4 is 11.1 Å². The number of pyridine rings is 1. The second-order valence-electron chi connectivity index (χ2n) is 5.62. The Morgan fingerprint density at radius 3 is 2.95 bits per heavy atom. The first-order chi connectivity index (χ1) is 10.6. The minimum atomic E-state index is -0.478. The summed E-state index contributed by atoms with van der Waals surface area (Å²) in [4.78, 5) is 29.2.